The van der Waals surface area contributed by atoms with Crippen molar-refractivity contribution in [3.8, 4) is 11.5 Å². The summed E-state index contributed by atoms with van der Waals surface area (Å²) in [4.78, 5) is 25.7. The van der Waals surface area contributed by atoms with Gasteiger partial charge in [0.05, 0.1) is 12.2 Å². The zero-order chi connectivity index (χ0) is 19.4. The number of nitrogens with one attached hydrogen (secondary N) is 1. The van der Waals surface area contributed by atoms with Crippen LogP contribution >= 0.6 is 11.6 Å². The Morgan fingerprint density at radius 1 is 1.30 bits per heavy atom. The first-order chi connectivity index (χ1) is 13.0. The van der Waals surface area contributed by atoms with Crippen LogP contribution in [0.1, 0.15) is 12.5 Å². The van der Waals surface area contributed by atoms with Crippen LogP contribution in [-0.4, -0.2) is 36.9 Å². The minimum absolute atomic E-state index is 0.130. The van der Waals surface area contributed by atoms with Crippen molar-refractivity contribution in [3.63, 3.8) is 0 Å². The SMILES string of the molecule is Cc1cccc(OCCN2C(=O)C(C)Oc3cc(NC(=O)CCl)ccc32)c1. The number of ether oxygens (including phenoxy) is 2. The first-order valence-corrected chi connectivity index (χ1v) is 9.19. The molecular formula is C20H21ClN2O4. The van der Waals surface area contributed by atoms with Gasteiger partial charge >= 0.3 is 0 Å². The fourth-order valence-corrected chi connectivity index (χ4v) is 2.94. The molecule has 0 saturated heterocycles. The monoisotopic (exact) mass is 388 g/mol. The van der Waals surface area contributed by atoms with E-state index in [0.717, 1.165) is 11.3 Å². The molecule has 27 heavy (non-hydrogen) atoms. The normalized spacial score (nSPS) is 15.7. The lowest BCUT2D eigenvalue weighted by Gasteiger charge is -2.33. The standard InChI is InChI=1S/C20H21ClN2O4/c1-13-4-3-5-16(10-13)26-9-8-23-17-7-6-15(22-19(24)12-21)11-18(17)27-14(2)20(23)25/h3-7,10-11,14H,8-9,12H2,1-2H3,(H,22,24). The Morgan fingerprint density at radius 2 is 2.11 bits per heavy atom. The first-order valence-electron chi connectivity index (χ1n) is 8.65. The lowest BCUT2D eigenvalue weighted by molar-refractivity contribution is -0.125. The van der Waals surface area contributed by atoms with Crippen molar-refractivity contribution in [1.29, 1.82) is 0 Å². The van der Waals surface area contributed by atoms with Crippen molar-refractivity contribution < 1.29 is 19.1 Å². The van der Waals surface area contributed by atoms with Crippen molar-refractivity contribution in [2.24, 2.45) is 0 Å². The molecule has 1 aliphatic rings. The van der Waals surface area contributed by atoms with Crippen LogP contribution in [0.15, 0.2) is 42.5 Å². The molecule has 1 heterocycles. The maximum absolute atomic E-state index is 12.6. The van der Waals surface area contributed by atoms with Crippen LogP contribution < -0.4 is 19.7 Å². The number of alkyl halides is 1. The van der Waals surface area contributed by atoms with Crippen LogP contribution in [0.4, 0.5) is 11.4 Å². The fraction of sp³-hybridized carbons (Fsp3) is 0.300. The van der Waals surface area contributed by atoms with E-state index in [-0.39, 0.29) is 17.7 Å². The van der Waals surface area contributed by atoms with Crippen LogP contribution in [0.5, 0.6) is 11.5 Å². The van der Waals surface area contributed by atoms with E-state index in [1.54, 1.807) is 30.0 Å². The molecule has 3 rings (SSSR count). The number of anilines is 2. The number of hydrogen-bond acceptors (Lipinski definition) is 4. The Morgan fingerprint density at radius 3 is 2.85 bits per heavy atom. The van der Waals surface area contributed by atoms with Crippen LogP contribution in [0.2, 0.25) is 0 Å². The molecule has 0 aliphatic carbocycles. The summed E-state index contributed by atoms with van der Waals surface area (Å²) in [5, 5.41) is 2.67. The van der Waals surface area contributed by atoms with Crippen LogP contribution in [0, 0.1) is 6.92 Å². The van der Waals surface area contributed by atoms with Crippen LogP contribution in [0.3, 0.4) is 0 Å². The Kier molecular flexibility index (Phi) is 5.86. The van der Waals surface area contributed by atoms with Gasteiger partial charge in [-0.25, -0.2) is 0 Å². The largest absolute Gasteiger partial charge is 0.492 e. The van der Waals surface area contributed by atoms with Gasteiger partial charge in [-0.1, -0.05) is 12.1 Å². The van der Waals surface area contributed by atoms with Gasteiger partial charge in [0.25, 0.3) is 5.91 Å². The highest BCUT2D eigenvalue weighted by Crippen LogP contribution is 2.36. The van der Waals surface area contributed by atoms with Crippen molar-refractivity contribution in [3.05, 3.63) is 48.0 Å². The smallest absolute Gasteiger partial charge is 0.267 e. The summed E-state index contributed by atoms with van der Waals surface area (Å²) in [5.41, 5.74) is 2.33. The molecule has 6 nitrogen and oxygen atoms in total. The van der Waals surface area contributed by atoms with E-state index >= 15 is 0 Å². The number of rotatable bonds is 6. The quantitative estimate of drug-likeness (QED) is 0.770. The third kappa shape index (κ3) is 4.52. The van der Waals surface area contributed by atoms with Gasteiger partial charge in [0.15, 0.2) is 6.10 Å². The molecule has 0 aromatic heterocycles. The molecule has 0 fully saturated rings. The molecular weight excluding hydrogens is 368 g/mol. The zero-order valence-electron chi connectivity index (χ0n) is 15.2. The number of fused-ring (bicyclic) bond motifs is 1. The second-order valence-corrected chi connectivity index (χ2v) is 6.55. The number of carbonyl (C=O) groups is 2. The lowest BCUT2D eigenvalue weighted by atomic mass is 10.1. The average molecular weight is 389 g/mol. The molecule has 0 bridgehead atoms. The van der Waals surface area contributed by atoms with E-state index in [0.29, 0.717) is 30.3 Å². The molecule has 0 radical (unpaired) electrons. The van der Waals surface area contributed by atoms with Crippen molar-refractivity contribution in [1.82, 2.24) is 0 Å². The Labute approximate surface area is 163 Å². The van der Waals surface area contributed by atoms with Crippen LogP contribution in [-0.2, 0) is 9.59 Å². The van der Waals surface area contributed by atoms with Gasteiger partial charge in [-0.2, -0.15) is 0 Å². The molecule has 1 unspecified atom stereocenters. The highest BCUT2D eigenvalue weighted by Gasteiger charge is 2.31. The van der Waals surface area contributed by atoms with E-state index in [1.807, 2.05) is 31.2 Å². The van der Waals surface area contributed by atoms with E-state index in [9.17, 15) is 9.59 Å². The van der Waals surface area contributed by atoms with Crippen molar-refractivity contribution in [2.75, 3.05) is 29.2 Å². The lowest BCUT2D eigenvalue weighted by Crippen LogP contribution is -2.46. The number of benzene rings is 2. The molecule has 1 aliphatic heterocycles. The Hall–Kier alpha value is -2.73. The number of halogens is 1. The summed E-state index contributed by atoms with van der Waals surface area (Å²) < 4.78 is 11.5. The van der Waals surface area contributed by atoms with Gasteiger partial charge in [-0.3, -0.25) is 9.59 Å². The maximum atomic E-state index is 12.6. The minimum atomic E-state index is -0.615. The molecule has 2 amide bonds. The maximum Gasteiger partial charge on any atom is 0.267 e. The average Bonchev–Trinajstić information content (AvgIpc) is 2.64. The highest BCUT2D eigenvalue weighted by molar-refractivity contribution is 6.29. The van der Waals surface area contributed by atoms with Gasteiger partial charge in [-0.05, 0) is 43.7 Å². The van der Waals surface area contributed by atoms with Crippen molar-refractivity contribution >= 4 is 34.8 Å². The van der Waals surface area contributed by atoms with Gasteiger partial charge < -0.3 is 19.7 Å². The number of carbonyl (C=O) groups excluding carboxylic acids is 2. The van der Waals surface area contributed by atoms with E-state index < -0.39 is 6.10 Å². The van der Waals surface area contributed by atoms with Gasteiger partial charge in [0.2, 0.25) is 5.91 Å². The molecule has 2 aromatic rings. The molecule has 142 valence electrons. The molecule has 1 N–H and O–H groups in total. The third-order valence-corrected chi connectivity index (χ3v) is 4.39. The predicted molar refractivity (Wildman–Crippen MR) is 105 cm³/mol. The van der Waals surface area contributed by atoms with Gasteiger partial charge in [0.1, 0.15) is 24.0 Å². The Balaban J connectivity index is 1.73. The van der Waals surface area contributed by atoms with Crippen molar-refractivity contribution in [2.45, 2.75) is 20.0 Å². The minimum Gasteiger partial charge on any atom is -0.492 e. The highest BCUT2D eigenvalue weighted by atomic mass is 35.5. The Bertz CT molecular complexity index is 856. The summed E-state index contributed by atoms with van der Waals surface area (Å²) in [6.07, 6.45) is -0.615. The zero-order valence-corrected chi connectivity index (χ0v) is 16.0. The molecule has 2 aromatic carbocycles. The number of aryl methyl sites for hydroxylation is 1. The predicted octanol–water partition coefficient (Wildman–Crippen LogP) is 3.37. The third-order valence-electron chi connectivity index (χ3n) is 4.15. The number of amides is 2. The number of nitrogens with zero attached hydrogens (tertiary/aromatic N) is 1. The molecule has 1 atom stereocenters. The summed E-state index contributed by atoms with van der Waals surface area (Å²) in [6, 6.07) is 12.9. The summed E-state index contributed by atoms with van der Waals surface area (Å²) in [7, 11) is 0. The molecule has 0 spiro atoms. The van der Waals surface area contributed by atoms with E-state index in [2.05, 4.69) is 5.32 Å². The number of hydrogen-bond donors (Lipinski definition) is 1. The summed E-state index contributed by atoms with van der Waals surface area (Å²) >= 11 is 5.52. The van der Waals surface area contributed by atoms with Gasteiger partial charge in [0, 0.05) is 11.8 Å². The first kappa shape index (κ1) is 19.0. The van der Waals surface area contributed by atoms with E-state index in [4.69, 9.17) is 21.1 Å². The second kappa shape index (κ2) is 8.31. The van der Waals surface area contributed by atoms with E-state index in [1.165, 1.54) is 0 Å². The van der Waals surface area contributed by atoms with Crippen LogP contribution in [0.25, 0.3) is 0 Å². The fourth-order valence-electron chi connectivity index (χ4n) is 2.87. The topological polar surface area (TPSA) is 67.9 Å². The summed E-state index contributed by atoms with van der Waals surface area (Å²) in [6.45, 7) is 4.44. The summed E-state index contributed by atoms with van der Waals surface area (Å²) in [5.74, 6) is 0.732. The van der Waals surface area contributed by atoms with Gasteiger partial charge in [-0.15, -0.1) is 11.6 Å². The molecule has 0 saturated carbocycles. The second-order valence-electron chi connectivity index (χ2n) is 6.28. The molecule has 7 heteroatoms.